The van der Waals surface area contributed by atoms with Crippen LogP contribution in [-0.4, -0.2) is 80.6 Å². The minimum absolute atomic E-state index is 0.00773. The van der Waals surface area contributed by atoms with E-state index in [0.717, 1.165) is 13.3 Å². The van der Waals surface area contributed by atoms with Gasteiger partial charge in [-0.25, -0.2) is 14.3 Å². The van der Waals surface area contributed by atoms with E-state index in [4.69, 9.17) is 19.9 Å². The number of fused-ring (bicyclic) bond motifs is 1. The molecule has 3 heterocycles. The summed E-state index contributed by atoms with van der Waals surface area (Å²) in [5.41, 5.74) is 3.37. The molecule has 0 aromatic carbocycles. The molecular weight excluding hydrogens is 492 g/mol. The van der Waals surface area contributed by atoms with Gasteiger partial charge in [0, 0.05) is 6.92 Å². The number of nitrogens with two attached hydrogens (primary N) is 1. The van der Waals surface area contributed by atoms with E-state index in [1.54, 1.807) is 20.8 Å². The van der Waals surface area contributed by atoms with Gasteiger partial charge < -0.3 is 34.9 Å². The summed E-state index contributed by atoms with van der Waals surface area (Å²) in [5.74, 6) is -1.52. The largest absolute Gasteiger partial charge is 0.455 e. The number of nitrogens with one attached hydrogen (secondary N) is 1. The average Bonchev–Trinajstić information content (AvgIpc) is 3.38. The number of amides is 1. The molecule has 200 valence electrons. The van der Waals surface area contributed by atoms with Gasteiger partial charge in [-0.1, -0.05) is 20.8 Å². The smallest absolute Gasteiger partial charge is 0.415 e. The summed E-state index contributed by atoms with van der Waals surface area (Å²) in [7, 11) is 0. The predicted molar refractivity (Wildman–Crippen MR) is 122 cm³/mol. The van der Waals surface area contributed by atoms with Crippen molar-refractivity contribution < 1.29 is 43.5 Å². The van der Waals surface area contributed by atoms with Crippen molar-refractivity contribution in [2.75, 3.05) is 18.7 Å². The number of esters is 2. The van der Waals surface area contributed by atoms with Crippen LogP contribution in [0.4, 0.5) is 10.6 Å². The fraction of sp³-hybridized carbons (Fsp3) is 0.545. The van der Waals surface area contributed by atoms with E-state index in [9.17, 15) is 29.9 Å². The van der Waals surface area contributed by atoms with Gasteiger partial charge in [0.25, 0.3) is 0 Å². The first-order valence-corrected chi connectivity index (χ1v) is 11.1. The van der Waals surface area contributed by atoms with E-state index in [-0.39, 0.29) is 17.0 Å². The highest BCUT2D eigenvalue weighted by Crippen LogP contribution is 2.42. The molecule has 0 spiro atoms. The Hall–Kier alpha value is -3.84. The van der Waals surface area contributed by atoms with Crippen molar-refractivity contribution in [3.63, 3.8) is 0 Å². The number of carbonyl (C=O) groups is 3. The molecule has 0 unspecified atom stereocenters. The van der Waals surface area contributed by atoms with Gasteiger partial charge in [-0.15, -0.1) is 0 Å². The van der Waals surface area contributed by atoms with Crippen LogP contribution in [-0.2, 0) is 34.1 Å². The van der Waals surface area contributed by atoms with Crippen molar-refractivity contribution >= 4 is 29.4 Å². The van der Waals surface area contributed by atoms with Crippen LogP contribution < -0.4 is 11.1 Å². The highest BCUT2D eigenvalue weighted by molar-refractivity contribution is 5.88. The Kier molecular flexibility index (Phi) is 7.98. The number of aliphatic hydroxyl groups excluding tert-OH is 2. The monoisotopic (exact) mass is 520 g/mol. The zero-order valence-electron chi connectivity index (χ0n) is 20.6. The van der Waals surface area contributed by atoms with Gasteiger partial charge in [0.15, 0.2) is 11.9 Å². The first-order chi connectivity index (χ1) is 17.4. The van der Waals surface area contributed by atoms with E-state index in [1.807, 2.05) is 6.07 Å². The van der Waals surface area contributed by atoms with Gasteiger partial charge in [-0.2, -0.15) is 10.4 Å². The third kappa shape index (κ3) is 5.47. The number of ether oxygens (including phenoxy) is 4. The molecule has 1 fully saturated rings. The SMILES string of the molecule is CC(=O)OCOC(=O)Nc1ncnn2c([C@]3(C#N)O[C@H](CO)[C@@H](OC(=O)[C@@H](N)C(C)(C)C)[C@H]3O)ccc12. The van der Waals surface area contributed by atoms with Crippen molar-refractivity contribution in [3.8, 4) is 6.07 Å². The lowest BCUT2D eigenvalue weighted by atomic mass is 9.87. The van der Waals surface area contributed by atoms with Gasteiger partial charge in [0.05, 0.1) is 12.3 Å². The highest BCUT2D eigenvalue weighted by atomic mass is 16.7. The second kappa shape index (κ2) is 10.6. The molecule has 0 aliphatic carbocycles. The lowest BCUT2D eigenvalue weighted by Crippen LogP contribution is -2.49. The number of aliphatic hydroxyl groups is 2. The van der Waals surface area contributed by atoms with E-state index in [0.29, 0.717) is 0 Å². The van der Waals surface area contributed by atoms with E-state index in [1.165, 1.54) is 16.6 Å². The lowest BCUT2D eigenvalue weighted by Gasteiger charge is -2.28. The van der Waals surface area contributed by atoms with Gasteiger partial charge >= 0.3 is 18.0 Å². The molecule has 15 nitrogen and oxygen atoms in total. The number of rotatable bonds is 7. The maximum absolute atomic E-state index is 12.6. The van der Waals surface area contributed by atoms with Crippen LogP contribution in [0.1, 0.15) is 33.4 Å². The number of nitrogens with zero attached hydrogens (tertiary/aromatic N) is 4. The van der Waals surface area contributed by atoms with Crippen LogP contribution in [0.15, 0.2) is 18.5 Å². The summed E-state index contributed by atoms with van der Waals surface area (Å²) in [6.45, 7) is 5.04. The van der Waals surface area contributed by atoms with Crippen LogP contribution in [0.5, 0.6) is 0 Å². The average molecular weight is 520 g/mol. The summed E-state index contributed by atoms with van der Waals surface area (Å²) in [4.78, 5) is 39.4. The van der Waals surface area contributed by atoms with Crippen LogP contribution in [0.3, 0.4) is 0 Å². The Balaban J connectivity index is 1.91. The Morgan fingerprint density at radius 2 is 2.05 bits per heavy atom. The van der Waals surface area contributed by atoms with E-state index in [2.05, 4.69) is 20.1 Å². The molecule has 2 aromatic heterocycles. The number of anilines is 1. The molecule has 1 aliphatic rings. The van der Waals surface area contributed by atoms with Crippen molar-refractivity contribution in [1.29, 1.82) is 5.26 Å². The highest BCUT2D eigenvalue weighted by Gasteiger charge is 2.59. The van der Waals surface area contributed by atoms with Crippen LogP contribution in [0, 0.1) is 16.7 Å². The normalized spacial score (nSPS) is 24.2. The van der Waals surface area contributed by atoms with Crippen LogP contribution in [0.25, 0.3) is 5.52 Å². The quantitative estimate of drug-likeness (QED) is 0.269. The minimum Gasteiger partial charge on any atom is -0.455 e. The molecule has 1 saturated heterocycles. The summed E-state index contributed by atoms with van der Waals surface area (Å²) in [6, 6.07) is 3.68. The molecule has 5 N–H and O–H groups in total. The van der Waals surface area contributed by atoms with Gasteiger partial charge in [-0.3, -0.25) is 14.9 Å². The molecule has 0 saturated carbocycles. The third-order valence-corrected chi connectivity index (χ3v) is 5.72. The standard InChI is InChI=1S/C22H28N6O9/c1-11(30)34-10-35-20(33)27-18-12-5-6-14(28(12)26-9-25-18)22(8-23)17(31)15(13(7-29)37-22)36-19(32)16(24)21(2,3)4/h5-6,9,13,15-17,29,31H,7,10,24H2,1-4H3,(H,25,26,27,33)/t13-,15-,16-,17-,22+/m1/s1. The van der Waals surface area contributed by atoms with Gasteiger partial charge in [-0.05, 0) is 17.5 Å². The second-order valence-electron chi connectivity index (χ2n) is 9.31. The fourth-order valence-electron chi connectivity index (χ4n) is 3.62. The minimum atomic E-state index is -2.13. The Morgan fingerprint density at radius 3 is 2.65 bits per heavy atom. The van der Waals surface area contributed by atoms with Gasteiger partial charge in [0.1, 0.15) is 36.2 Å². The topological polar surface area (TPSA) is 221 Å². The number of aromatic nitrogens is 3. The van der Waals surface area contributed by atoms with Crippen molar-refractivity contribution in [2.45, 2.75) is 57.6 Å². The first-order valence-electron chi connectivity index (χ1n) is 11.1. The second-order valence-corrected chi connectivity index (χ2v) is 9.31. The molecule has 3 rings (SSSR count). The molecule has 2 aromatic rings. The Labute approximate surface area is 211 Å². The third-order valence-electron chi connectivity index (χ3n) is 5.72. The van der Waals surface area contributed by atoms with Crippen molar-refractivity contribution in [2.24, 2.45) is 11.1 Å². The number of hydrogen-bond acceptors (Lipinski definition) is 13. The molecular formula is C22H28N6O9. The summed E-state index contributed by atoms with van der Waals surface area (Å²) in [6.07, 6.45) is -4.35. The van der Waals surface area contributed by atoms with Gasteiger partial charge in [0.2, 0.25) is 12.4 Å². The Bertz CT molecular complexity index is 1220. The molecule has 15 heteroatoms. The molecule has 1 amide bonds. The predicted octanol–water partition coefficient (Wildman–Crippen LogP) is -0.446. The molecule has 1 aliphatic heterocycles. The lowest BCUT2D eigenvalue weighted by molar-refractivity contribution is -0.160. The molecule has 5 atom stereocenters. The maximum Gasteiger partial charge on any atom is 0.415 e. The fourth-order valence-corrected chi connectivity index (χ4v) is 3.62. The number of nitriles is 1. The molecule has 0 radical (unpaired) electrons. The summed E-state index contributed by atoms with van der Waals surface area (Å²) in [5, 5.41) is 37.6. The zero-order valence-corrected chi connectivity index (χ0v) is 20.6. The summed E-state index contributed by atoms with van der Waals surface area (Å²) >= 11 is 0. The molecule has 0 bridgehead atoms. The van der Waals surface area contributed by atoms with Crippen molar-refractivity contribution in [3.05, 3.63) is 24.2 Å². The molecule has 37 heavy (non-hydrogen) atoms. The van der Waals surface area contributed by atoms with Crippen molar-refractivity contribution in [1.82, 2.24) is 14.6 Å². The zero-order chi connectivity index (χ0) is 27.5. The number of hydrogen-bond donors (Lipinski definition) is 4. The maximum atomic E-state index is 12.6. The first kappa shape index (κ1) is 27.7. The van der Waals surface area contributed by atoms with Crippen LogP contribution in [0.2, 0.25) is 0 Å². The Morgan fingerprint density at radius 1 is 1.35 bits per heavy atom. The van der Waals surface area contributed by atoms with Crippen LogP contribution >= 0.6 is 0 Å². The van der Waals surface area contributed by atoms with E-state index >= 15 is 0 Å². The summed E-state index contributed by atoms with van der Waals surface area (Å²) < 4.78 is 21.6. The number of carbonyl (C=O) groups excluding carboxylic acids is 3. The van der Waals surface area contributed by atoms with E-state index < -0.39 is 66.8 Å².